The first kappa shape index (κ1) is 20.6. The summed E-state index contributed by atoms with van der Waals surface area (Å²) in [4.78, 5) is 29.8. The average molecular weight is 434 g/mol. The Morgan fingerprint density at radius 2 is 1.81 bits per heavy atom. The minimum atomic E-state index is -0.456. The van der Waals surface area contributed by atoms with Gasteiger partial charge in [-0.1, -0.05) is 41.9 Å². The molecule has 2 heterocycles. The van der Waals surface area contributed by atoms with Crippen molar-refractivity contribution in [2.24, 2.45) is 0 Å². The Hall–Kier alpha value is -3.71. The minimum absolute atomic E-state index is 0.0771. The van der Waals surface area contributed by atoms with Crippen LogP contribution in [0.3, 0.4) is 0 Å². The third-order valence-electron chi connectivity index (χ3n) is 4.85. The van der Waals surface area contributed by atoms with E-state index in [1.165, 1.54) is 10.8 Å². The van der Waals surface area contributed by atoms with E-state index in [-0.39, 0.29) is 12.5 Å². The van der Waals surface area contributed by atoms with Gasteiger partial charge in [-0.05, 0) is 30.3 Å². The quantitative estimate of drug-likeness (QED) is 0.467. The summed E-state index contributed by atoms with van der Waals surface area (Å²) in [5.41, 5.74) is 3.00. The van der Waals surface area contributed by atoms with Crippen LogP contribution in [0.5, 0.6) is 0 Å². The predicted octanol–water partition coefficient (Wildman–Crippen LogP) is 3.41. The molecule has 0 spiro atoms. The van der Waals surface area contributed by atoms with Gasteiger partial charge in [0.1, 0.15) is 6.54 Å². The van der Waals surface area contributed by atoms with Crippen LogP contribution in [-0.4, -0.2) is 37.2 Å². The third-order valence-corrected chi connectivity index (χ3v) is 5.10. The third kappa shape index (κ3) is 4.73. The van der Waals surface area contributed by atoms with Crippen LogP contribution in [0.1, 0.15) is 5.56 Å². The van der Waals surface area contributed by atoms with Gasteiger partial charge in [0.15, 0.2) is 0 Å². The standard InChI is InChI=1S/C23H20ClN5O2/c1-27(21(30)16-28-13-5-12-25-23(28)31)14-18-15-29(20-6-3-2-4-7-20)26-22(18)17-8-10-19(24)11-9-17/h2-13,15H,14,16H2,1H3. The summed E-state index contributed by atoms with van der Waals surface area (Å²) in [6, 6.07) is 18.8. The second kappa shape index (κ2) is 8.97. The van der Waals surface area contributed by atoms with Crippen molar-refractivity contribution in [3.8, 4) is 16.9 Å². The van der Waals surface area contributed by atoms with E-state index < -0.39 is 5.69 Å². The van der Waals surface area contributed by atoms with Gasteiger partial charge in [-0.2, -0.15) is 5.10 Å². The van der Waals surface area contributed by atoms with E-state index in [1.54, 1.807) is 28.9 Å². The van der Waals surface area contributed by atoms with Crippen LogP contribution in [0.2, 0.25) is 5.02 Å². The lowest BCUT2D eigenvalue weighted by Gasteiger charge is -2.17. The molecule has 0 unspecified atom stereocenters. The molecule has 0 aliphatic rings. The Labute approximate surface area is 184 Å². The number of halogens is 1. The molecule has 0 aliphatic carbocycles. The molecule has 2 aromatic carbocycles. The molecule has 0 atom stereocenters. The first-order valence-corrected chi connectivity index (χ1v) is 10.0. The van der Waals surface area contributed by atoms with Crippen LogP contribution in [0, 0.1) is 0 Å². The van der Waals surface area contributed by atoms with Crippen molar-refractivity contribution >= 4 is 17.5 Å². The zero-order valence-electron chi connectivity index (χ0n) is 16.9. The molecule has 156 valence electrons. The number of likely N-dealkylation sites (N-methyl/N-ethyl adjacent to an activating group) is 1. The number of para-hydroxylation sites is 1. The Kier molecular flexibility index (Phi) is 5.95. The van der Waals surface area contributed by atoms with Crippen molar-refractivity contribution in [3.63, 3.8) is 0 Å². The summed E-state index contributed by atoms with van der Waals surface area (Å²) in [5, 5.41) is 5.40. The molecular formula is C23H20ClN5O2. The van der Waals surface area contributed by atoms with Gasteiger partial charge in [0.25, 0.3) is 0 Å². The van der Waals surface area contributed by atoms with Crippen LogP contribution in [0.4, 0.5) is 0 Å². The highest BCUT2D eigenvalue weighted by Gasteiger charge is 2.17. The highest BCUT2D eigenvalue weighted by atomic mass is 35.5. The summed E-state index contributed by atoms with van der Waals surface area (Å²) >= 11 is 6.04. The average Bonchev–Trinajstić information content (AvgIpc) is 3.20. The molecule has 2 aromatic heterocycles. The number of benzene rings is 2. The van der Waals surface area contributed by atoms with E-state index in [0.29, 0.717) is 11.6 Å². The molecule has 4 rings (SSSR count). The molecule has 4 aromatic rings. The van der Waals surface area contributed by atoms with Gasteiger partial charge in [-0.15, -0.1) is 0 Å². The fraction of sp³-hybridized carbons (Fsp3) is 0.130. The molecule has 1 amide bonds. The summed E-state index contributed by atoms with van der Waals surface area (Å²) in [5.74, 6) is -0.204. The molecule has 0 radical (unpaired) electrons. The van der Waals surface area contributed by atoms with Gasteiger partial charge in [0.05, 0.1) is 11.4 Å². The Bertz CT molecular complexity index is 1250. The van der Waals surface area contributed by atoms with Crippen molar-refractivity contribution < 1.29 is 4.79 Å². The number of carbonyl (C=O) groups excluding carboxylic acids is 1. The molecule has 31 heavy (non-hydrogen) atoms. The van der Waals surface area contributed by atoms with Crippen molar-refractivity contribution in [1.82, 2.24) is 24.2 Å². The maximum Gasteiger partial charge on any atom is 0.347 e. The Morgan fingerprint density at radius 1 is 1.06 bits per heavy atom. The van der Waals surface area contributed by atoms with E-state index in [9.17, 15) is 9.59 Å². The van der Waals surface area contributed by atoms with Crippen LogP contribution < -0.4 is 5.69 Å². The fourth-order valence-electron chi connectivity index (χ4n) is 3.21. The van der Waals surface area contributed by atoms with E-state index in [1.807, 2.05) is 60.8 Å². The number of carbonyl (C=O) groups is 1. The van der Waals surface area contributed by atoms with Crippen LogP contribution >= 0.6 is 11.6 Å². The smallest absolute Gasteiger partial charge is 0.340 e. The SMILES string of the molecule is CN(Cc1cn(-c2ccccc2)nc1-c1ccc(Cl)cc1)C(=O)Cn1cccnc1=O. The lowest BCUT2D eigenvalue weighted by Crippen LogP contribution is -2.34. The molecule has 0 N–H and O–H groups in total. The van der Waals surface area contributed by atoms with Gasteiger partial charge in [0.2, 0.25) is 5.91 Å². The van der Waals surface area contributed by atoms with Crippen molar-refractivity contribution in [2.75, 3.05) is 7.05 Å². The number of amides is 1. The van der Waals surface area contributed by atoms with E-state index in [0.717, 1.165) is 22.5 Å². The molecule has 0 aliphatic heterocycles. The lowest BCUT2D eigenvalue weighted by atomic mass is 10.1. The van der Waals surface area contributed by atoms with Gasteiger partial charge in [-0.3, -0.25) is 9.36 Å². The molecule has 7 nitrogen and oxygen atoms in total. The monoisotopic (exact) mass is 433 g/mol. The van der Waals surface area contributed by atoms with Gasteiger partial charge >= 0.3 is 5.69 Å². The number of hydrogen-bond acceptors (Lipinski definition) is 4. The van der Waals surface area contributed by atoms with E-state index >= 15 is 0 Å². The Balaban J connectivity index is 1.63. The molecule has 8 heteroatoms. The molecule has 0 saturated carbocycles. The van der Waals surface area contributed by atoms with Crippen molar-refractivity contribution in [2.45, 2.75) is 13.1 Å². The van der Waals surface area contributed by atoms with Crippen LogP contribution in [-0.2, 0) is 17.9 Å². The highest BCUT2D eigenvalue weighted by molar-refractivity contribution is 6.30. The zero-order chi connectivity index (χ0) is 21.8. The molecule has 0 fully saturated rings. The summed E-state index contributed by atoms with van der Waals surface area (Å²) in [6.45, 7) is 0.255. The largest absolute Gasteiger partial charge is 0.347 e. The summed E-state index contributed by atoms with van der Waals surface area (Å²) in [6.07, 6.45) is 4.87. The first-order chi connectivity index (χ1) is 15.0. The van der Waals surface area contributed by atoms with Crippen LogP contribution in [0.25, 0.3) is 16.9 Å². The molecule has 0 bridgehead atoms. The van der Waals surface area contributed by atoms with Gasteiger partial charge < -0.3 is 4.90 Å². The second-order valence-corrected chi connectivity index (χ2v) is 7.51. The molecular weight excluding hydrogens is 414 g/mol. The Morgan fingerprint density at radius 3 is 2.52 bits per heavy atom. The predicted molar refractivity (Wildman–Crippen MR) is 119 cm³/mol. The topological polar surface area (TPSA) is 73.0 Å². The van der Waals surface area contributed by atoms with Crippen LogP contribution in [0.15, 0.2) is 84.0 Å². The highest BCUT2D eigenvalue weighted by Crippen LogP contribution is 2.26. The van der Waals surface area contributed by atoms with Crippen molar-refractivity contribution in [3.05, 3.63) is 100 Å². The fourth-order valence-corrected chi connectivity index (χ4v) is 3.33. The summed E-state index contributed by atoms with van der Waals surface area (Å²) < 4.78 is 3.08. The normalized spacial score (nSPS) is 10.8. The van der Waals surface area contributed by atoms with Gasteiger partial charge in [-0.25, -0.2) is 14.5 Å². The number of aromatic nitrogens is 4. The van der Waals surface area contributed by atoms with E-state index in [4.69, 9.17) is 16.7 Å². The number of rotatable bonds is 6. The minimum Gasteiger partial charge on any atom is -0.340 e. The zero-order valence-corrected chi connectivity index (χ0v) is 17.6. The maximum atomic E-state index is 12.7. The van der Waals surface area contributed by atoms with Gasteiger partial charge in [0, 0.05) is 48.3 Å². The first-order valence-electron chi connectivity index (χ1n) is 9.66. The molecule has 0 saturated heterocycles. The lowest BCUT2D eigenvalue weighted by molar-refractivity contribution is -0.131. The number of hydrogen-bond donors (Lipinski definition) is 0. The summed E-state index contributed by atoms with van der Waals surface area (Å²) in [7, 11) is 1.70. The van der Waals surface area contributed by atoms with Crippen molar-refractivity contribution in [1.29, 1.82) is 0 Å². The maximum absolute atomic E-state index is 12.7. The number of nitrogens with zero attached hydrogens (tertiary/aromatic N) is 5. The van der Waals surface area contributed by atoms with E-state index in [2.05, 4.69) is 4.98 Å². The second-order valence-electron chi connectivity index (χ2n) is 7.07.